The number of hydrogen-bond acceptors (Lipinski definition) is 2. The van der Waals surface area contributed by atoms with Gasteiger partial charge in [-0.2, -0.15) is 0 Å². The van der Waals surface area contributed by atoms with E-state index in [1.54, 1.807) is 12.1 Å². The second kappa shape index (κ2) is 4.34. The predicted octanol–water partition coefficient (Wildman–Crippen LogP) is 4.33. The average Bonchev–Trinajstić information content (AvgIpc) is 2.47. The predicted molar refractivity (Wildman–Crippen MR) is 83.3 cm³/mol. The summed E-state index contributed by atoms with van der Waals surface area (Å²) in [6.45, 7) is 0. The number of aromatic hydroxyl groups is 1. The smallest absolute Gasteiger partial charge is 0.195 e. The highest BCUT2D eigenvalue weighted by Crippen LogP contribution is 2.39. The lowest BCUT2D eigenvalue weighted by atomic mass is 9.82. The Bertz CT molecular complexity index is 912. The molecule has 4 rings (SSSR count). The van der Waals surface area contributed by atoms with E-state index in [2.05, 4.69) is 0 Å². The fourth-order valence-corrected chi connectivity index (χ4v) is 3.38. The summed E-state index contributed by atoms with van der Waals surface area (Å²) >= 11 is 6.21. The van der Waals surface area contributed by atoms with Gasteiger partial charge < -0.3 is 5.11 Å². The second-order valence-electron chi connectivity index (χ2n) is 5.25. The molecule has 3 aromatic carbocycles. The van der Waals surface area contributed by atoms with Crippen LogP contribution >= 0.6 is 11.6 Å². The molecule has 3 aromatic rings. The van der Waals surface area contributed by atoms with Crippen LogP contribution in [-0.4, -0.2) is 10.9 Å². The van der Waals surface area contributed by atoms with Crippen LogP contribution in [0.3, 0.4) is 0 Å². The monoisotopic (exact) mass is 294 g/mol. The van der Waals surface area contributed by atoms with Crippen LogP contribution in [-0.2, 0) is 6.42 Å². The van der Waals surface area contributed by atoms with Crippen molar-refractivity contribution in [2.75, 3.05) is 0 Å². The lowest BCUT2D eigenvalue weighted by Gasteiger charge is -2.22. The molecule has 102 valence electrons. The van der Waals surface area contributed by atoms with Crippen molar-refractivity contribution in [3.05, 3.63) is 75.8 Å². The molecule has 1 N–H and O–H groups in total. The van der Waals surface area contributed by atoms with Gasteiger partial charge in [-0.15, -0.1) is 0 Å². The van der Waals surface area contributed by atoms with Crippen LogP contribution in [0.4, 0.5) is 0 Å². The first-order valence-corrected chi connectivity index (χ1v) is 7.10. The van der Waals surface area contributed by atoms with Gasteiger partial charge in [-0.05, 0) is 28.5 Å². The van der Waals surface area contributed by atoms with Gasteiger partial charge in [-0.3, -0.25) is 4.79 Å². The summed E-state index contributed by atoms with van der Waals surface area (Å²) in [5.41, 5.74) is 2.69. The number of fused-ring (bicyclic) bond motifs is 4. The third kappa shape index (κ3) is 1.69. The minimum absolute atomic E-state index is 0.107. The van der Waals surface area contributed by atoms with Gasteiger partial charge in [0.1, 0.15) is 5.75 Å². The fourth-order valence-electron chi connectivity index (χ4n) is 3.10. The van der Waals surface area contributed by atoms with Crippen LogP contribution in [0, 0.1) is 0 Å². The van der Waals surface area contributed by atoms with Crippen molar-refractivity contribution in [2.24, 2.45) is 0 Å². The summed E-state index contributed by atoms with van der Waals surface area (Å²) in [5, 5.41) is 12.5. The standard InChI is InChI=1S/C18H11ClO2/c19-14-7-3-5-11-8-13-15(20)9-10-4-1-2-6-12(10)17(13)18(21)16(11)14/h1-7,9,20H,8H2. The first kappa shape index (κ1) is 12.4. The minimum atomic E-state index is -0.107. The Kier molecular flexibility index (Phi) is 2.57. The van der Waals surface area contributed by atoms with Gasteiger partial charge >= 0.3 is 0 Å². The molecule has 0 heterocycles. The highest BCUT2D eigenvalue weighted by molar-refractivity contribution is 6.36. The number of carbonyl (C=O) groups is 1. The number of halogens is 1. The summed E-state index contributed by atoms with van der Waals surface area (Å²) in [5.74, 6) is 0.0617. The maximum Gasteiger partial charge on any atom is 0.195 e. The molecule has 0 radical (unpaired) electrons. The van der Waals surface area contributed by atoms with E-state index in [9.17, 15) is 9.90 Å². The summed E-state index contributed by atoms with van der Waals surface area (Å²) in [6.07, 6.45) is 0.521. The van der Waals surface area contributed by atoms with Gasteiger partial charge in [-0.1, -0.05) is 48.0 Å². The summed E-state index contributed by atoms with van der Waals surface area (Å²) in [6, 6.07) is 14.8. The van der Waals surface area contributed by atoms with E-state index in [0.29, 0.717) is 28.1 Å². The van der Waals surface area contributed by atoms with Crippen LogP contribution < -0.4 is 0 Å². The number of phenols is 1. The van der Waals surface area contributed by atoms with Crippen molar-refractivity contribution in [2.45, 2.75) is 6.42 Å². The lowest BCUT2D eigenvalue weighted by molar-refractivity contribution is 0.103. The first-order chi connectivity index (χ1) is 10.2. The highest BCUT2D eigenvalue weighted by Gasteiger charge is 2.29. The van der Waals surface area contributed by atoms with E-state index in [0.717, 1.165) is 16.3 Å². The molecule has 0 aliphatic heterocycles. The Hall–Kier alpha value is -2.32. The molecule has 0 fully saturated rings. The topological polar surface area (TPSA) is 37.3 Å². The molecule has 1 aliphatic rings. The molecule has 0 saturated heterocycles. The molecule has 21 heavy (non-hydrogen) atoms. The van der Waals surface area contributed by atoms with Crippen LogP contribution in [0.5, 0.6) is 5.75 Å². The molecular formula is C18H11ClO2. The number of ketones is 1. The molecule has 0 aromatic heterocycles. The molecule has 2 nitrogen and oxygen atoms in total. The molecule has 0 unspecified atom stereocenters. The van der Waals surface area contributed by atoms with Crippen molar-refractivity contribution >= 4 is 28.2 Å². The Balaban J connectivity index is 2.11. The summed E-state index contributed by atoms with van der Waals surface area (Å²) < 4.78 is 0. The van der Waals surface area contributed by atoms with Gasteiger partial charge in [-0.25, -0.2) is 0 Å². The van der Waals surface area contributed by atoms with Crippen LogP contribution in [0.2, 0.25) is 5.02 Å². The Morgan fingerprint density at radius 3 is 2.67 bits per heavy atom. The second-order valence-corrected chi connectivity index (χ2v) is 5.66. The van der Waals surface area contributed by atoms with Crippen LogP contribution in [0.1, 0.15) is 27.0 Å². The van der Waals surface area contributed by atoms with Gasteiger partial charge in [0.25, 0.3) is 0 Å². The number of rotatable bonds is 0. The molecule has 0 bridgehead atoms. The Labute approximate surface area is 126 Å². The van der Waals surface area contributed by atoms with Crippen molar-refractivity contribution in [3.63, 3.8) is 0 Å². The van der Waals surface area contributed by atoms with Gasteiger partial charge in [0.05, 0.1) is 5.02 Å². The number of phenolic OH excluding ortho intramolecular Hbond substituents is 1. The van der Waals surface area contributed by atoms with Crippen molar-refractivity contribution < 1.29 is 9.90 Å². The number of benzene rings is 3. The zero-order valence-electron chi connectivity index (χ0n) is 11.1. The van der Waals surface area contributed by atoms with E-state index in [4.69, 9.17) is 11.6 Å². The zero-order chi connectivity index (χ0) is 14.6. The Morgan fingerprint density at radius 1 is 1.00 bits per heavy atom. The van der Waals surface area contributed by atoms with Crippen molar-refractivity contribution in [3.8, 4) is 5.75 Å². The first-order valence-electron chi connectivity index (χ1n) is 6.72. The van der Waals surface area contributed by atoms with E-state index in [1.165, 1.54) is 0 Å². The molecule has 1 aliphatic carbocycles. The Morgan fingerprint density at radius 2 is 1.81 bits per heavy atom. The molecule has 3 heteroatoms. The van der Waals surface area contributed by atoms with Gasteiger partial charge in [0.2, 0.25) is 0 Å². The zero-order valence-corrected chi connectivity index (χ0v) is 11.8. The van der Waals surface area contributed by atoms with Gasteiger partial charge in [0, 0.05) is 23.1 Å². The van der Waals surface area contributed by atoms with Crippen LogP contribution in [0.25, 0.3) is 10.8 Å². The molecule has 0 spiro atoms. The largest absolute Gasteiger partial charge is 0.508 e. The molecule has 0 atom stereocenters. The van der Waals surface area contributed by atoms with Crippen LogP contribution in [0.15, 0.2) is 48.5 Å². The lowest BCUT2D eigenvalue weighted by Crippen LogP contribution is -2.16. The molecule has 0 saturated carbocycles. The summed E-state index contributed by atoms with van der Waals surface area (Å²) in [7, 11) is 0. The fraction of sp³-hybridized carbons (Fsp3) is 0.0556. The van der Waals surface area contributed by atoms with E-state index in [1.807, 2.05) is 36.4 Å². The maximum atomic E-state index is 12.9. The highest BCUT2D eigenvalue weighted by atomic mass is 35.5. The third-order valence-corrected chi connectivity index (χ3v) is 4.37. The SMILES string of the molecule is O=C1c2c(Cl)cccc2Cc2c(O)cc3ccccc3c21. The third-order valence-electron chi connectivity index (χ3n) is 4.05. The average molecular weight is 295 g/mol. The number of hydrogen-bond donors (Lipinski definition) is 1. The molecule has 0 amide bonds. The molecular weight excluding hydrogens is 284 g/mol. The maximum absolute atomic E-state index is 12.9. The minimum Gasteiger partial charge on any atom is -0.508 e. The number of carbonyl (C=O) groups excluding carboxylic acids is 1. The van der Waals surface area contributed by atoms with Crippen molar-refractivity contribution in [1.82, 2.24) is 0 Å². The van der Waals surface area contributed by atoms with E-state index >= 15 is 0 Å². The summed E-state index contributed by atoms with van der Waals surface area (Å²) in [4.78, 5) is 12.9. The quantitative estimate of drug-likeness (QED) is 0.524. The van der Waals surface area contributed by atoms with Gasteiger partial charge in [0.15, 0.2) is 5.78 Å². The normalized spacial score (nSPS) is 13.1. The van der Waals surface area contributed by atoms with E-state index in [-0.39, 0.29) is 11.5 Å². The van der Waals surface area contributed by atoms with Crippen molar-refractivity contribution in [1.29, 1.82) is 0 Å². The van der Waals surface area contributed by atoms with E-state index < -0.39 is 0 Å².